The Bertz CT molecular complexity index is 863. The van der Waals surface area contributed by atoms with Gasteiger partial charge in [0.2, 0.25) is 0 Å². The number of fused-ring (bicyclic) bond motifs is 1. The highest BCUT2D eigenvalue weighted by molar-refractivity contribution is 5.85. The van der Waals surface area contributed by atoms with Gasteiger partial charge in [0, 0.05) is 29.3 Å². The molecule has 0 saturated carbocycles. The fourth-order valence-electron chi connectivity index (χ4n) is 2.14. The molecular formula is C16H11FN2O3. The van der Waals surface area contributed by atoms with Crippen molar-refractivity contribution in [3.63, 3.8) is 0 Å². The number of pyridine rings is 1. The van der Waals surface area contributed by atoms with Crippen LogP contribution < -0.4 is 4.74 Å². The summed E-state index contributed by atoms with van der Waals surface area (Å²) in [6, 6.07) is 11.7. The van der Waals surface area contributed by atoms with Crippen LogP contribution in [-0.4, -0.2) is 9.91 Å². The summed E-state index contributed by atoms with van der Waals surface area (Å²) in [7, 11) is 0. The van der Waals surface area contributed by atoms with Crippen molar-refractivity contribution in [3.05, 3.63) is 70.2 Å². The molecule has 110 valence electrons. The Morgan fingerprint density at radius 3 is 2.55 bits per heavy atom. The second kappa shape index (κ2) is 5.40. The normalized spacial score (nSPS) is 10.6. The molecule has 2 aromatic carbocycles. The number of aryl methyl sites for hydroxylation is 1. The number of nitro benzene ring substituents is 1. The van der Waals surface area contributed by atoms with E-state index in [1.54, 1.807) is 12.1 Å². The van der Waals surface area contributed by atoms with Gasteiger partial charge in [0.25, 0.3) is 5.69 Å². The lowest BCUT2D eigenvalue weighted by atomic mass is 10.2. The van der Waals surface area contributed by atoms with E-state index in [0.29, 0.717) is 22.4 Å². The number of ether oxygens (including phenoxy) is 1. The van der Waals surface area contributed by atoms with Crippen LogP contribution in [0.3, 0.4) is 0 Å². The Morgan fingerprint density at radius 2 is 1.86 bits per heavy atom. The number of hydrogen-bond donors (Lipinski definition) is 0. The molecule has 0 N–H and O–H groups in total. The second-order valence-corrected chi connectivity index (χ2v) is 4.78. The van der Waals surface area contributed by atoms with E-state index in [-0.39, 0.29) is 11.5 Å². The van der Waals surface area contributed by atoms with Crippen LogP contribution in [-0.2, 0) is 0 Å². The van der Waals surface area contributed by atoms with Gasteiger partial charge in [-0.15, -0.1) is 0 Å². The first-order valence-corrected chi connectivity index (χ1v) is 6.52. The highest BCUT2D eigenvalue weighted by Crippen LogP contribution is 2.31. The van der Waals surface area contributed by atoms with Crippen molar-refractivity contribution in [3.8, 4) is 11.5 Å². The molecule has 1 heterocycles. The van der Waals surface area contributed by atoms with E-state index < -0.39 is 4.92 Å². The molecule has 0 atom stereocenters. The predicted octanol–water partition coefficient (Wildman–Crippen LogP) is 4.38. The van der Waals surface area contributed by atoms with Crippen LogP contribution in [0.15, 0.2) is 48.5 Å². The molecule has 5 nitrogen and oxygen atoms in total. The topological polar surface area (TPSA) is 65.3 Å². The van der Waals surface area contributed by atoms with E-state index in [9.17, 15) is 14.5 Å². The Labute approximate surface area is 125 Å². The summed E-state index contributed by atoms with van der Waals surface area (Å²) >= 11 is 0. The molecule has 0 unspecified atom stereocenters. The van der Waals surface area contributed by atoms with Crippen LogP contribution in [0.25, 0.3) is 10.9 Å². The van der Waals surface area contributed by atoms with E-state index in [4.69, 9.17) is 4.74 Å². The van der Waals surface area contributed by atoms with Crippen molar-refractivity contribution < 1.29 is 14.1 Å². The summed E-state index contributed by atoms with van der Waals surface area (Å²) < 4.78 is 19.2. The molecule has 6 heteroatoms. The molecule has 0 aliphatic rings. The molecule has 0 spiro atoms. The first-order chi connectivity index (χ1) is 10.5. The Balaban J connectivity index is 2.02. The first-order valence-electron chi connectivity index (χ1n) is 6.52. The quantitative estimate of drug-likeness (QED) is 0.531. The van der Waals surface area contributed by atoms with Crippen molar-refractivity contribution in [1.82, 2.24) is 4.98 Å². The number of hydrogen-bond acceptors (Lipinski definition) is 4. The molecule has 0 radical (unpaired) electrons. The van der Waals surface area contributed by atoms with Crippen LogP contribution in [0.1, 0.15) is 5.69 Å². The molecule has 3 rings (SSSR count). The predicted molar refractivity (Wildman–Crippen MR) is 79.6 cm³/mol. The third-order valence-electron chi connectivity index (χ3n) is 3.14. The summed E-state index contributed by atoms with van der Waals surface area (Å²) in [4.78, 5) is 14.5. The minimum Gasteiger partial charge on any atom is -0.457 e. The number of halogens is 1. The standard InChI is InChI=1S/C16H11FN2O3/c1-10-8-16(14-9-11(17)2-7-15(14)18-10)22-13-5-3-12(4-6-13)19(20)21/h2-9H,1H3. The maximum Gasteiger partial charge on any atom is 0.269 e. The maximum absolute atomic E-state index is 13.4. The van der Waals surface area contributed by atoms with E-state index in [1.807, 2.05) is 6.92 Å². The minimum absolute atomic E-state index is 0.0193. The van der Waals surface area contributed by atoms with Gasteiger partial charge >= 0.3 is 0 Å². The average molecular weight is 298 g/mol. The van der Waals surface area contributed by atoms with E-state index >= 15 is 0 Å². The van der Waals surface area contributed by atoms with Gasteiger partial charge in [-0.2, -0.15) is 0 Å². The first kappa shape index (κ1) is 13.9. The van der Waals surface area contributed by atoms with Crippen molar-refractivity contribution in [2.24, 2.45) is 0 Å². The monoisotopic (exact) mass is 298 g/mol. The molecule has 0 fully saturated rings. The number of aromatic nitrogens is 1. The number of nitro groups is 1. The lowest BCUT2D eigenvalue weighted by molar-refractivity contribution is -0.384. The number of nitrogens with zero attached hydrogens (tertiary/aromatic N) is 2. The average Bonchev–Trinajstić information content (AvgIpc) is 2.48. The molecule has 0 saturated heterocycles. The fourth-order valence-corrected chi connectivity index (χ4v) is 2.14. The van der Waals surface area contributed by atoms with Crippen LogP contribution >= 0.6 is 0 Å². The van der Waals surface area contributed by atoms with Crippen LogP contribution in [0.4, 0.5) is 10.1 Å². The molecule has 3 aromatic rings. The zero-order valence-electron chi connectivity index (χ0n) is 11.6. The molecule has 0 aliphatic heterocycles. The van der Waals surface area contributed by atoms with Gasteiger partial charge in [0.05, 0.1) is 10.4 Å². The van der Waals surface area contributed by atoms with Crippen LogP contribution in [0.2, 0.25) is 0 Å². The molecule has 0 bridgehead atoms. The summed E-state index contributed by atoms with van der Waals surface area (Å²) in [5, 5.41) is 11.2. The van der Waals surface area contributed by atoms with Gasteiger partial charge in [-0.1, -0.05) is 0 Å². The zero-order valence-corrected chi connectivity index (χ0v) is 11.6. The second-order valence-electron chi connectivity index (χ2n) is 4.78. The van der Waals surface area contributed by atoms with E-state index in [2.05, 4.69) is 4.98 Å². The lowest BCUT2D eigenvalue weighted by Crippen LogP contribution is -1.92. The van der Waals surface area contributed by atoms with Gasteiger partial charge in [0.15, 0.2) is 0 Å². The SMILES string of the molecule is Cc1cc(Oc2ccc([N+](=O)[O-])cc2)c2cc(F)ccc2n1. The smallest absolute Gasteiger partial charge is 0.269 e. The van der Waals surface area contributed by atoms with E-state index in [0.717, 1.165) is 5.69 Å². The fraction of sp³-hybridized carbons (Fsp3) is 0.0625. The Kier molecular flexibility index (Phi) is 3.42. The summed E-state index contributed by atoms with van der Waals surface area (Å²) in [6.45, 7) is 1.81. The third kappa shape index (κ3) is 2.71. The summed E-state index contributed by atoms with van der Waals surface area (Å²) in [6.07, 6.45) is 0. The number of rotatable bonds is 3. The number of benzene rings is 2. The van der Waals surface area contributed by atoms with Gasteiger partial charge in [0.1, 0.15) is 17.3 Å². The maximum atomic E-state index is 13.4. The largest absolute Gasteiger partial charge is 0.457 e. The zero-order chi connectivity index (χ0) is 15.7. The Morgan fingerprint density at radius 1 is 1.14 bits per heavy atom. The van der Waals surface area contributed by atoms with Crippen molar-refractivity contribution in [2.75, 3.05) is 0 Å². The van der Waals surface area contributed by atoms with Crippen molar-refractivity contribution >= 4 is 16.6 Å². The molecular weight excluding hydrogens is 287 g/mol. The number of non-ortho nitro benzene ring substituents is 1. The van der Waals surface area contributed by atoms with E-state index in [1.165, 1.54) is 36.4 Å². The van der Waals surface area contributed by atoms with Gasteiger partial charge in [-0.3, -0.25) is 15.1 Å². The lowest BCUT2D eigenvalue weighted by Gasteiger charge is -2.10. The highest BCUT2D eigenvalue weighted by Gasteiger charge is 2.09. The van der Waals surface area contributed by atoms with Crippen LogP contribution in [0, 0.1) is 22.9 Å². The Hall–Kier alpha value is -3.02. The molecule has 0 amide bonds. The minimum atomic E-state index is -0.481. The van der Waals surface area contributed by atoms with Gasteiger partial charge < -0.3 is 4.74 Å². The molecule has 0 aliphatic carbocycles. The summed E-state index contributed by atoms with van der Waals surface area (Å²) in [5.74, 6) is 0.504. The highest BCUT2D eigenvalue weighted by atomic mass is 19.1. The van der Waals surface area contributed by atoms with Gasteiger partial charge in [-0.05, 0) is 37.3 Å². The van der Waals surface area contributed by atoms with Crippen molar-refractivity contribution in [1.29, 1.82) is 0 Å². The van der Waals surface area contributed by atoms with Crippen molar-refractivity contribution in [2.45, 2.75) is 6.92 Å². The third-order valence-corrected chi connectivity index (χ3v) is 3.14. The molecule has 1 aromatic heterocycles. The van der Waals surface area contributed by atoms with Crippen LogP contribution in [0.5, 0.6) is 11.5 Å². The van der Waals surface area contributed by atoms with Gasteiger partial charge in [-0.25, -0.2) is 4.39 Å². The molecule has 22 heavy (non-hydrogen) atoms. The summed E-state index contributed by atoms with van der Waals surface area (Å²) in [5.41, 5.74) is 1.34.